The minimum Gasteiger partial charge on any atom is -0.443 e. The van der Waals surface area contributed by atoms with Gasteiger partial charge in [0.25, 0.3) is 0 Å². The Hall–Kier alpha value is -3.17. The van der Waals surface area contributed by atoms with Crippen molar-refractivity contribution in [3.8, 4) is 0 Å². The summed E-state index contributed by atoms with van der Waals surface area (Å²) in [5.41, 5.74) is 4.16. The van der Waals surface area contributed by atoms with Crippen LogP contribution in [-0.2, 0) is 17.6 Å². The predicted octanol–water partition coefficient (Wildman–Crippen LogP) is 3.94. The third kappa shape index (κ3) is 3.25. The fourth-order valence-corrected chi connectivity index (χ4v) is 6.33. The smallest absolute Gasteiger partial charge is 0.407 e. The van der Waals surface area contributed by atoms with Gasteiger partial charge in [-0.25, -0.2) is 18.7 Å². The molecule has 1 amide bonds. The monoisotopic (exact) mass is 465 g/mol. The van der Waals surface area contributed by atoms with Gasteiger partial charge >= 0.3 is 6.09 Å². The van der Waals surface area contributed by atoms with Crippen LogP contribution in [0.4, 0.5) is 20.8 Å². The van der Waals surface area contributed by atoms with Gasteiger partial charge in [-0.05, 0) is 63.7 Å². The molecule has 0 aromatic carbocycles. The van der Waals surface area contributed by atoms with Crippen LogP contribution in [0.3, 0.4) is 0 Å². The topological polar surface area (TPSA) is 109 Å². The van der Waals surface area contributed by atoms with Gasteiger partial charge in [0.2, 0.25) is 0 Å². The van der Waals surface area contributed by atoms with E-state index in [0.717, 1.165) is 67.2 Å². The Bertz CT molecular complexity index is 1250. The molecule has 3 N–H and O–H groups in total. The third-order valence-corrected chi connectivity index (χ3v) is 8.20. The molecule has 3 atom stereocenters. The first-order valence-electron chi connectivity index (χ1n) is 12.4. The molecule has 10 heteroatoms. The van der Waals surface area contributed by atoms with Crippen LogP contribution in [0.5, 0.6) is 0 Å². The first-order chi connectivity index (χ1) is 16.6. The summed E-state index contributed by atoms with van der Waals surface area (Å²) in [5, 5.41) is 18.4. The summed E-state index contributed by atoms with van der Waals surface area (Å²) < 4.78 is 22.1. The molecular weight excluding hydrogens is 437 g/mol. The van der Waals surface area contributed by atoms with Crippen molar-refractivity contribution in [1.29, 1.82) is 0 Å². The summed E-state index contributed by atoms with van der Waals surface area (Å²) in [5.74, 6) is 2.02. The Balaban J connectivity index is 1.04. The number of anilines is 2. The second-order valence-corrected chi connectivity index (χ2v) is 10.5. The van der Waals surface area contributed by atoms with Gasteiger partial charge in [-0.3, -0.25) is 5.10 Å². The number of nitrogens with zero attached hydrogens (tertiary/aromatic N) is 4. The maximum atomic E-state index is 14.7. The number of aryl methyl sites for hydroxylation is 2. The second-order valence-electron chi connectivity index (χ2n) is 10.5. The highest BCUT2D eigenvalue weighted by Gasteiger charge is 2.58. The molecule has 3 heterocycles. The van der Waals surface area contributed by atoms with Crippen molar-refractivity contribution in [3.05, 3.63) is 35.4 Å². The quantitative estimate of drug-likeness (QED) is 0.527. The van der Waals surface area contributed by atoms with Gasteiger partial charge in [0.05, 0.1) is 5.69 Å². The van der Waals surface area contributed by atoms with Crippen molar-refractivity contribution in [3.63, 3.8) is 0 Å². The highest BCUT2D eigenvalue weighted by molar-refractivity contribution is 5.76. The van der Waals surface area contributed by atoms with E-state index in [1.54, 1.807) is 6.20 Å². The Labute approximate surface area is 195 Å². The maximum Gasteiger partial charge on any atom is 0.407 e. The number of hydrogen-bond acceptors (Lipinski definition) is 6. The van der Waals surface area contributed by atoms with Crippen molar-refractivity contribution in [2.75, 3.05) is 5.32 Å². The number of aromatic amines is 1. The normalized spacial score (nSPS) is 31.4. The fourth-order valence-electron chi connectivity index (χ4n) is 6.33. The Kier molecular flexibility index (Phi) is 4.41. The standard InChI is InChI=1S/C24H28FN7O2/c25-16-7-14(8-19(16)34-23(33)28-24-10-13(11-24)12-24)18-9-20(30-29-18)27-22-21-15-3-1-2-4-17(15)31-32(21)6-5-26-22/h5-6,9,13-14,16,19H,1-4,7-8,10-12H2,(H,28,33)(H2,26,27,29,30)/t13?,14-,16+,19-,24?/m0/s1. The summed E-state index contributed by atoms with van der Waals surface area (Å²) in [6.07, 6.45) is 9.36. The lowest BCUT2D eigenvalue weighted by atomic mass is 9.50. The van der Waals surface area contributed by atoms with E-state index in [9.17, 15) is 9.18 Å². The molecule has 0 saturated heterocycles. The zero-order chi connectivity index (χ0) is 22.9. The minimum atomic E-state index is -1.18. The van der Waals surface area contributed by atoms with Gasteiger partial charge in [0, 0.05) is 41.2 Å². The van der Waals surface area contributed by atoms with Crippen LogP contribution in [-0.4, -0.2) is 48.7 Å². The van der Waals surface area contributed by atoms with Crippen molar-refractivity contribution in [1.82, 2.24) is 30.1 Å². The van der Waals surface area contributed by atoms with E-state index in [2.05, 4.69) is 25.8 Å². The zero-order valence-corrected chi connectivity index (χ0v) is 18.9. The number of rotatable bonds is 5. The number of alkyl carbamates (subject to hydrolysis) is 1. The van der Waals surface area contributed by atoms with Crippen molar-refractivity contribution in [2.24, 2.45) is 5.92 Å². The molecule has 0 spiro atoms. The number of fused-ring (bicyclic) bond motifs is 3. The Morgan fingerprint density at radius 1 is 1.24 bits per heavy atom. The summed E-state index contributed by atoms with van der Waals surface area (Å²) in [4.78, 5) is 16.8. The number of hydrogen-bond donors (Lipinski definition) is 3. The van der Waals surface area contributed by atoms with Crippen LogP contribution in [0.25, 0.3) is 5.52 Å². The van der Waals surface area contributed by atoms with Gasteiger partial charge in [0.1, 0.15) is 17.8 Å². The molecular formula is C24H28FN7O2. The van der Waals surface area contributed by atoms with E-state index < -0.39 is 18.4 Å². The lowest BCUT2D eigenvalue weighted by molar-refractivity contribution is -0.0530. The van der Waals surface area contributed by atoms with Crippen LogP contribution in [0.15, 0.2) is 18.5 Å². The molecule has 3 aromatic rings. The highest BCUT2D eigenvalue weighted by Crippen LogP contribution is 2.57. The number of nitrogens with one attached hydrogen (secondary N) is 3. The van der Waals surface area contributed by atoms with Crippen LogP contribution < -0.4 is 10.6 Å². The summed E-state index contributed by atoms with van der Waals surface area (Å²) >= 11 is 0. The molecule has 178 valence electrons. The van der Waals surface area contributed by atoms with Gasteiger partial charge in [0.15, 0.2) is 11.6 Å². The second kappa shape index (κ2) is 7.41. The third-order valence-electron chi connectivity index (χ3n) is 8.20. The molecule has 34 heavy (non-hydrogen) atoms. The molecule has 0 aliphatic heterocycles. The number of aromatic nitrogens is 5. The molecule has 0 unspecified atom stereocenters. The molecule has 4 saturated carbocycles. The summed E-state index contributed by atoms with van der Waals surface area (Å²) in [6.45, 7) is 0. The number of carbonyl (C=O) groups is 1. The van der Waals surface area contributed by atoms with Crippen molar-refractivity contribution < 1.29 is 13.9 Å². The summed E-state index contributed by atoms with van der Waals surface area (Å²) in [6, 6.07) is 1.90. The zero-order valence-electron chi connectivity index (χ0n) is 18.9. The number of ether oxygens (including phenoxy) is 1. The van der Waals surface area contributed by atoms with Crippen LogP contribution in [0, 0.1) is 5.92 Å². The van der Waals surface area contributed by atoms with Gasteiger partial charge in [-0.2, -0.15) is 10.2 Å². The number of H-pyrrole nitrogens is 1. The van der Waals surface area contributed by atoms with E-state index >= 15 is 0 Å². The lowest BCUT2D eigenvalue weighted by Gasteiger charge is -2.61. The van der Waals surface area contributed by atoms with Gasteiger partial charge in [-0.1, -0.05) is 0 Å². The van der Waals surface area contributed by atoms with E-state index in [-0.39, 0.29) is 11.5 Å². The maximum absolute atomic E-state index is 14.7. The van der Waals surface area contributed by atoms with Crippen LogP contribution in [0.2, 0.25) is 0 Å². The first kappa shape index (κ1) is 20.2. The van der Waals surface area contributed by atoms with Crippen LogP contribution in [0.1, 0.15) is 67.8 Å². The molecule has 3 aromatic heterocycles. The molecule has 9 nitrogen and oxygen atoms in total. The number of halogens is 1. The Morgan fingerprint density at radius 2 is 2.09 bits per heavy atom. The predicted molar refractivity (Wildman–Crippen MR) is 122 cm³/mol. The fraction of sp³-hybridized carbons (Fsp3) is 0.583. The highest BCUT2D eigenvalue weighted by atomic mass is 19.1. The van der Waals surface area contributed by atoms with E-state index in [1.165, 1.54) is 12.0 Å². The number of carbonyl (C=O) groups excluding carboxylic acids is 1. The van der Waals surface area contributed by atoms with E-state index in [1.807, 2.05) is 16.8 Å². The largest absolute Gasteiger partial charge is 0.443 e. The molecule has 2 bridgehead atoms. The molecule has 0 radical (unpaired) electrons. The Morgan fingerprint density at radius 3 is 2.91 bits per heavy atom. The number of alkyl halides is 1. The average molecular weight is 466 g/mol. The van der Waals surface area contributed by atoms with Gasteiger partial charge in [-0.15, -0.1) is 0 Å². The number of amides is 1. The summed E-state index contributed by atoms with van der Waals surface area (Å²) in [7, 11) is 0. The lowest BCUT2D eigenvalue weighted by Crippen LogP contribution is -2.68. The van der Waals surface area contributed by atoms with Crippen molar-refractivity contribution in [2.45, 2.75) is 81.5 Å². The molecule has 5 aliphatic carbocycles. The molecule has 5 aliphatic rings. The van der Waals surface area contributed by atoms with E-state index in [0.29, 0.717) is 18.7 Å². The molecule has 8 rings (SSSR count). The van der Waals surface area contributed by atoms with Crippen molar-refractivity contribution >= 4 is 23.2 Å². The van der Waals surface area contributed by atoms with Crippen LogP contribution >= 0.6 is 0 Å². The van der Waals surface area contributed by atoms with Gasteiger partial charge < -0.3 is 15.4 Å². The molecule has 4 fully saturated rings. The van der Waals surface area contributed by atoms with E-state index in [4.69, 9.17) is 9.84 Å². The average Bonchev–Trinajstić information content (AvgIpc) is 3.47. The minimum absolute atomic E-state index is 0.0683. The first-order valence-corrected chi connectivity index (χ1v) is 12.4. The SMILES string of the molecule is O=C(NC12CC(C1)C2)O[C@H]1C[C@@H](c2cc(Nc3nccn4nc5c(c34)CCCC5)n[nH]2)C[C@H]1F.